The Morgan fingerprint density at radius 3 is 2.79 bits per heavy atom. The first-order valence-electron chi connectivity index (χ1n) is 6.26. The lowest BCUT2D eigenvalue weighted by Gasteiger charge is -2.09. The second kappa shape index (κ2) is 4.63. The van der Waals surface area contributed by atoms with Gasteiger partial charge in [-0.1, -0.05) is 32.0 Å². The standard InChI is InChI=1S/C15H15N3S/c1-9(2)15-17-12(8-13(16)18-15)11-5-3-4-10-6-7-19-14(10)11/h3-9H,1-2H3,(H2,16,17,18). The summed E-state index contributed by atoms with van der Waals surface area (Å²) < 4.78 is 1.25. The number of aromatic nitrogens is 2. The van der Waals surface area contributed by atoms with Gasteiger partial charge >= 0.3 is 0 Å². The largest absolute Gasteiger partial charge is 0.384 e. The van der Waals surface area contributed by atoms with Gasteiger partial charge in [0, 0.05) is 22.2 Å². The summed E-state index contributed by atoms with van der Waals surface area (Å²) in [7, 11) is 0. The predicted molar refractivity (Wildman–Crippen MR) is 81.4 cm³/mol. The summed E-state index contributed by atoms with van der Waals surface area (Å²) >= 11 is 1.73. The molecule has 0 radical (unpaired) electrons. The van der Waals surface area contributed by atoms with Crippen molar-refractivity contribution in [2.75, 3.05) is 5.73 Å². The fourth-order valence-corrected chi connectivity index (χ4v) is 3.00. The summed E-state index contributed by atoms with van der Waals surface area (Å²) in [5.74, 6) is 1.59. The Bertz CT molecular complexity index is 731. The van der Waals surface area contributed by atoms with Gasteiger partial charge in [0.05, 0.1) is 5.69 Å². The minimum absolute atomic E-state index is 0.268. The Morgan fingerprint density at radius 1 is 1.16 bits per heavy atom. The lowest BCUT2D eigenvalue weighted by atomic mass is 10.1. The molecule has 0 aliphatic rings. The lowest BCUT2D eigenvalue weighted by Crippen LogP contribution is -2.02. The molecule has 0 bridgehead atoms. The number of fused-ring (bicyclic) bond motifs is 1. The number of thiophene rings is 1. The molecule has 0 fully saturated rings. The smallest absolute Gasteiger partial charge is 0.133 e. The molecule has 0 aliphatic heterocycles. The van der Waals surface area contributed by atoms with Crippen LogP contribution < -0.4 is 5.73 Å². The second-order valence-corrected chi connectivity index (χ2v) is 5.75. The van der Waals surface area contributed by atoms with Crippen molar-refractivity contribution in [1.29, 1.82) is 0 Å². The molecule has 96 valence electrons. The van der Waals surface area contributed by atoms with Crippen LogP contribution in [0.1, 0.15) is 25.6 Å². The van der Waals surface area contributed by atoms with Crippen molar-refractivity contribution in [2.24, 2.45) is 0 Å². The van der Waals surface area contributed by atoms with Crippen molar-refractivity contribution < 1.29 is 0 Å². The third-order valence-electron chi connectivity index (χ3n) is 3.03. The van der Waals surface area contributed by atoms with E-state index in [4.69, 9.17) is 5.73 Å². The zero-order valence-electron chi connectivity index (χ0n) is 10.9. The van der Waals surface area contributed by atoms with Crippen LogP contribution in [-0.2, 0) is 0 Å². The summed E-state index contributed by atoms with van der Waals surface area (Å²) in [4.78, 5) is 8.95. The van der Waals surface area contributed by atoms with E-state index in [0.29, 0.717) is 5.82 Å². The highest BCUT2D eigenvalue weighted by Crippen LogP contribution is 2.32. The number of rotatable bonds is 2. The molecule has 2 N–H and O–H groups in total. The fourth-order valence-electron chi connectivity index (χ4n) is 2.08. The first kappa shape index (κ1) is 12.1. The molecule has 3 rings (SSSR count). The maximum Gasteiger partial charge on any atom is 0.133 e. The molecule has 1 aromatic carbocycles. The van der Waals surface area contributed by atoms with E-state index in [0.717, 1.165) is 17.1 Å². The summed E-state index contributed by atoms with van der Waals surface area (Å²) in [6.07, 6.45) is 0. The number of hydrogen-bond acceptors (Lipinski definition) is 4. The van der Waals surface area contributed by atoms with E-state index in [2.05, 4.69) is 53.5 Å². The van der Waals surface area contributed by atoms with E-state index in [1.807, 2.05) is 6.07 Å². The van der Waals surface area contributed by atoms with Crippen LogP contribution in [0.2, 0.25) is 0 Å². The zero-order valence-corrected chi connectivity index (χ0v) is 11.7. The first-order chi connectivity index (χ1) is 9.15. The van der Waals surface area contributed by atoms with Crippen LogP contribution in [0.5, 0.6) is 0 Å². The summed E-state index contributed by atoms with van der Waals surface area (Å²) in [6, 6.07) is 10.2. The SMILES string of the molecule is CC(C)c1nc(N)cc(-c2cccc3ccsc23)n1. The maximum absolute atomic E-state index is 5.91. The van der Waals surface area contributed by atoms with Crippen molar-refractivity contribution in [2.45, 2.75) is 19.8 Å². The van der Waals surface area contributed by atoms with Gasteiger partial charge in [0.2, 0.25) is 0 Å². The van der Waals surface area contributed by atoms with Gasteiger partial charge in [-0.05, 0) is 16.8 Å². The molecule has 0 saturated carbocycles. The van der Waals surface area contributed by atoms with E-state index in [1.54, 1.807) is 11.3 Å². The van der Waals surface area contributed by atoms with Crippen molar-refractivity contribution >= 4 is 27.2 Å². The van der Waals surface area contributed by atoms with Crippen LogP contribution in [0.15, 0.2) is 35.7 Å². The van der Waals surface area contributed by atoms with Gasteiger partial charge in [-0.25, -0.2) is 9.97 Å². The molecule has 0 saturated heterocycles. The van der Waals surface area contributed by atoms with Crippen molar-refractivity contribution in [3.8, 4) is 11.3 Å². The van der Waals surface area contributed by atoms with Gasteiger partial charge in [-0.15, -0.1) is 11.3 Å². The monoisotopic (exact) mass is 269 g/mol. The fraction of sp³-hybridized carbons (Fsp3) is 0.200. The van der Waals surface area contributed by atoms with Gasteiger partial charge in [-0.3, -0.25) is 0 Å². The molecule has 4 heteroatoms. The molecule has 0 aliphatic carbocycles. The van der Waals surface area contributed by atoms with Gasteiger partial charge in [0.1, 0.15) is 11.6 Å². The Balaban J connectivity index is 2.24. The van der Waals surface area contributed by atoms with E-state index >= 15 is 0 Å². The van der Waals surface area contributed by atoms with Crippen molar-refractivity contribution in [3.05, 3.63) is 41.5 Å². The molecule has 0 unspecified atom stereocenters. The van der Waals surface area contributed by atoms with Crippen molar-refractivity contribution in [1.82, 2.24) is 9.97 Å². The van der Waals surface area contributed by atoms with E-state index in [1.165, 1.54) is 10.1 Å². The molecule has 3 aromatic rings. The normalized spacial score (nSPS) is 11.3. The molecular weight excluding hydrogens is 254 g/mol. The molecular formula is C15H15N3S. The number of benzene rings is 1. The van der Waals surface area contributed by atoms with Crippen LogP contribution in [0.25, 0.3) is 21.3 Å². The van der Waals surface area contributed by atoms with Gasteiger partial charge in [0.25, 0.3) is 0 Å². The number of nitrogens with zero attached hydrogens (tertiary/aromatic N) is 2. The third-order valence-corrected chi connectivity index (χ3v) is 4.00. The summed E-state index contributed by atoms with van der Waals surface area (Å²) in [5, 5.41) is 3.34. The Kier molecular flexibility index (Phi) is 2.95. The van der Waals surface area contributed by atoms with E-state index < -0.39 is 0 Å². The van der Waals surface area contributed by atoms with Gasteiger partial charge < -0.3 is 5.73 Å². The predicted octanol–water partition coefficient (Wildman–Crippen LogP) is 4.06. The highest BCUT2D eigenvalue weighted by molar-refractivity contribution is 7.17. The number of nitrogen functional groups attached to an aromatic ring is 1. The van der Waals surface area contributed by atoms with Crippen LogP contribution in [0.4, 0.5) is 5.82 Å². The minimum Gasteiger partial charge on any atom is -0.384 e. The number of nitrogens with two attached hydrogens (primary N) is 1. The molecule has 0 amide bonds. The molecule has 2 aromatic heterocycles. The Hall–Kier alpha value is -1.94. The van der Waals surface area contributed by atoms with Gasteiger partial charge in [0.15, 0.2) is 0 Å². The summed E-state index contributed by atoms with van der Waals surface area (Å²) in [6.45, 7) is 4.15. The van der Waals surface area contributed by atoms with Crippen LogP contribution in [-0.4, -0.2) is 9.97 Å². The summed E-state index contributed by atoms with van der Waals surface area (Å²) in [5.41, 5.74) is 7.94. The van der Waals surface area contributed by atoms with Crippen LogP contribution in [0, 0.1) is 0 Å². The average Bonchev–Trinajstić information content (AvgIpc) is 2.85. The van der Waals surface area contributed by atoms with Crippen molar-refractivity contribution in [3.63, 3.8) is 0 Å². The maximum atomic E-state index is 5.91. The van der Waals surface area contributed by atoms with Crippen LogP contribution in [0.3, 0.4) is 0 Å². The van der Waals surface area contributed by atoms with Gasteiger partial charge in [-0.2, -0.15) is 0 Å². The molecule has 19 heavy (non-hydrogen) atoms. The number of anilines is 1. The molecule has 0 atom stereocenters. The lowest BCUT2D eigenvalue weighted by molar-refractivity contribution is 0.779. The zero-order chi connectivity index (χ0) is 13.4. The second-order valence-electron chi connectivity index (χ2n) is 4.84. The van der Waals surface area contributed by atoms with E-state index in [-0.39, 0.29) is 5.92 Å². The first-order valence-corrected chi connectivity index (χ1v) is 7.14. The molecule has 3 nitrogen and oxygen atoms in total. The topological polar surface area (TPSA) is 51.8 Å². The third kappa shape index (κ3) is 2.19. The molecule has 0 spiro atoms. The van der Waals surface area contributed by atoms with E-state index in [9.17, 15) is 0 Å². The highest BCUT2D eigenvalue weighted by atomic mass is 32.1. The average molecular weight is 269 g/mol. The highest BCUT2D eigenvalue weighted by Gasteiger charge is 2.11. The Morgan fingerprint density at radius 2 is 2.00 bits per heavy atom. The molecule has 2 heterocycles. The number of hydrogen-bond donors (Lipinski definition) is 1. The van der Waals surface area contributed by atoms with Crippen LogP contribution >= 0.6 is 11.3 Å². The quantitative estimate of drug-likeness (QED) is 0.763. The minimum atomic E-state index is 0.268. The Labute approximate surface area is 116 Å².